The summed E-state index contributed by atoms with van der Waals surface area (Å²) in [7, 11) is 1.75. The van der Waals surface area contributed by atoms with Crippen LogP contribution >= 0.6 is 0 Å². The second-order valence-electron chi connectivity index (χ2n) is 6.65. The summed E-state index contributed by atoms with van der Waals surface area (Å²) in [4.78, 5) is 4.26. The Morgan fingerprint density at radius 3 is 2.81 bits per heavy atom. The molecule has 3 rings (SSSR count). The molecule has 1 aliphatic heterocycles. The number of hydrogen-bond acceptors (Lipinski definition) is 5. The number of aromatic nitrogens is 4. The highest BCUT2D eigenvalue weighted by Crippen LogP contribution is 2.22. The Morgan fingerprint density at radius 1 is 1.23 bits per heavy atom. The lowest BCUT2D eigenvalue weighted by atomic mass is 9.99. The Morgan fingerprint density at radius 2 is 2.04 bits per heavy atom. The van der Waals surface area contributed by atoms with E-state index in [4.69, 9.17) is 4.52 Å². The maximum Gasteiger partial charge on any atom is 0.191 e. The maximum absolute atomic E-state index is 5.45. The molecule has 0 unspecified atom stereocenters. The topological polar surface area (TPSA) is 93.2 Å². The summed E-state index contributed by atoms with van der Waals surface area (Å²) < 4.78 is 7.66. The molecule has 8 heteroatoms. The minimum absolute atomic E-state index is 0.462. The first kappa shape index (κ1) is 18.4. The number of aryl methyl sites for hydroxylation is 1. The van der Waals surface area contributed by atoms with E-state index in [2.05, 4.69) is 49.4 Å². The van der Waals surface area contributed by atoms with Gasteiger partial charge in [-0.2, -0.15) is 0 Å². The van der Waals surface area contributed by atoms with Crippen molar-refractivity contribution in [3.63, 3.8) is 0 Å². The van der Waals surface area contributed by atoms with E-state index >= 15 is 0 Å². The van der Waals surface area contributed by atoms with Crippen LogP contribution in [-0.2, 0) is 26.1 Å². The Bertz CT molecular complexity index is 730. The number of hydrogen-bond donors (Lipinski definition) is 2. The molecule has 2 aromatic heterocycles. The van der Waals surface area contributed by atoms with Crippen molar-refractivity contribution in [2.45, 2.75) is 71.5 Å². The van der Waals surface area contributed by atoms with Gasteiger partial charge in [-0.05, 0) is 25.7 Å². The van der Waals surface area contributed by atoms with Crippen LogP contribution in [0.3, 0.4) is 0 Å². The van der Waals surface area contributed by atoms with Gasteiger partial charge in [-0.3, -0.25) is 4.99 Å². The van der Waals surface area contributed by atoms with E-state index in [1.165, 1.54) is 12.8 Å². The molecule has 0 spiro atoms. The van der Waals surface area contributed by atoms with Gasteiger partial charge < -0.3 is 19.7 Å². The molecule has 0 saturated heterocycles. The van der Waals surface area contributed by atoms with Crippen LogP contribution in [0.2, 0.25) is 0 Å². The van der Waals surface area contributed by atoms with Crippen LogP contribution in [-0.4, -0.2) is 32.9 Å². The van der Waals surface area contributed by atoms with Crippen molar-refractivity contribution in [2.24, 2.45) is 4.99 Å². The quantitative estimate of drug-likeness (QED) is 0.582. The summed E-state index contributed by atoms with van der Waals surface area (Å²) in [6.07, 6.45) is 5.55. The van der Waals surface area contributed by atoms with Gasteiger partial charge in [0.1, 0.15) is 5.82 Å². The van der Waals surface area contributed by atoms with Gasteiger partial charge in [0.15, 0.2) is 17.5 Å². The summed E-state index contributed by atoms with van der Waals surface area (Å²) in [5.74, 6) is 4.03. The Balaban J connectivity index is 1.52. The predicted octanol–water partition coefficient (Wildman–Crippen LogP) is 2.37. The number of fused-ring (bicyclic) bond motifs is 1. The molecular weight excluding hydrogens is 330 g/mol. The van der Waals surface area contributed by atoms with Crippen LogP contribution in [0.4, 0.5) is 0 Å². The number of aliphatic imine (C=N–C) groups is 1. The van der Waals surface area contributed by atoms with Crippen LogP contribution in [0.15, 0.2) is 15.6 Å². The Labute approximate surface area is 154 Å². The molecule has 3 heterocycles. The number of rotatable bonds is 7. The third kappa shape index (κ3) is 4.23. The van der Waals surface area contributed by atoms with Crippen molar-refractivity contribution in [1.29, 1.82) is 0 Å². The van der Waals surface area contributed by atoms with Crippen LogP contribution in [0.5, 0.6) is 0 Å². The molecule has 0 atom stereocenters. The highest BCUT2D eigenvalue weighted by Gasteiger charge is 2.16. The molecule has 0 bridgehead atoms. The van der Waals surface area contributed by atoms with Gasteiger partial charge in [-0.15, -0.1) is 10.2 Å². The predicted molar refractivity (Wildman–Crippen MR) is 99.8 cm³/mol. The SMILES string of the molecule is CCC(CC)c1cc(CNC(=NC)NCc2nnc3n2CCCC3)on1. The fraction of sp³-hybridized carbons (Fsp3) is 0.667. The van der Waals surface area contributed by atoms with E-state index in [1.54, 1.807) is 7.05 Å². The third-order valence-electron chi connectivity index (χ3n) is 4.98. The molecule has 1 aliphatic rings. The van der Waals surface area contributed by atoms with Crippen molar-refractivity contribution in [1.82, 2.24) is 30.6 Å². The van der Waals surface area contributed by atoms with Crippen LogP contribution in [0.25, 0.3) is 0 Å². The zero-order chi connectivity index (χ0) is 18.4. The standard InChI is InChI=1S/C18H29N7O/c1-4-13(5-2)15-10-14(26-24-15)11-20-18(19-3)21-12-17-23-22-16-8-6-7-9-25(16)17/h10,13H,4-9,11-12H2,1-3H3,(H2,19,20,21). The second-order valence-corrected chi connectivity index (χ2v) is 6.65. The molecule has 0 saturated carbocycles. The number of guanidine groups is 1. The lowest BCUT2D eigenvalue weighted by Gasteiger charge is -2.15. The van der Waals surface area contributed by atoms with E-state index in [9.17, 15) is 0 Å². The monoisotopic (exact) mass is 359 g/mol. The van der Waals surface area contributed by atoms with E-state index in [0.29, 0.717) is 25.0 Å². The number of nitrogens with one attached hydrogen (secondary N) is 2. The van der Waals surface area contributed by atoms with Crippen molar-refractivity contribution in [3.8, 4) is 0 Å². The second kappa shape index (κ2) is 8.82. The minimum Gasteiger partial charge on any atom is -0.359 e. The maximum atomic E-state index is 5.45. The fourth-order valence-corrected chi connectivity index (χ4v) is 3.37. The number of nitrogens with zero attached hydrogens (tertiary/aromatic N) is 5. The molecule has 2 aromatic rings. The first-order valence-corrected chi connectivity index (χ1v) is 9.56. The van der Waals surface area contributed by atoms with Gasteiger partial charge >= 0.3 is 0 Å². The first-order chi connectivity index (χ1) is 12.7. The summed E-state index contributed by atoms with van der Waals surface area (Å²) in [6, 6.07) is 2.03. The van der Waals surface area contributed by atoms with Crippen LogP contribution in [0, 0.1) is 0 Å². The molecule has 0 aromatic carbocycles. The lowest BCUT2D eigenvalue weighted by Crippen LogP contribution is -2.37. The first-order valence-electron chi connectivity index (χ1n) is 9.56. The van der Waals surface area contributed by atoms with Gasteiger partial charge in [0.25, 0.3) is 0 Å². The molecule has 0 radical (unpaired) electrons. The highest BCUT2D eigenvalue weighted by molar-refractivity contribution is 5.79. The molecular formula is C18H29N7O. The Hall–Kier alpha value is -2.38. The molecule has 0 aliphatic carbocycles. The molecule has 2 N–H and O–H groups in total. The average Bonchev–Trinajstić information content (AvgIpc) is 3.30. The lowest BCUT2D eigenvalue weighted by molar-refractivity contribution is 0.368. The van der Waals surface area contributed by atoms with Crippen molar-refractivity contribution < 1.29 is 4.52 Å². The molecule has 0 amide bonds. The Kier molecular flexibility index (Phi) is 6.25. The van der Waals surface area contributed by atoms with E-state index < -0.39 is 0 Å². The minimum atomic E-state index is 0.462. The fourth-order valence-electron chi connectivity index (χ4n) is 3.37. The van der Waals surface area contributed by atoms with Crippen molar-refractivity contribution in [3.05, 3.63) is 29.2 Å². The summed E-state index contributed by atoms with van der Waals surface area (Å²) in [5.41, 5.74) is 1.03. The highest BCUT2D eigenvalue weighted by atomic mass is 16.5. The average molecular weight is 359 g/mol. The third-order valence-corrected chi connectivity index (χ3v) is 4.98. The zero-order valence-electron chi connectivity index (χ0n) is 16.0. The van der Waals surface area contributed by atoms with Crippen molar-refractivity contribution in [2.75, 3.05) is 7.05 Å². The van der Waals surface area contributed by atoms with E-state index in [0.717, 1.165) is 48.9 Å². The summed E-state index contributed by atoms with van der Waals surface area (Å²) in [6.45, 7) is 6.50. The van der Waals surface area contributed by atoms with Gasteiger partial charge in [0.2, 0.25) is 0 Å². The van der Waals surface area contributed by atoms with Gasteiger partial charge in [-0.1, -0.05) is 19.0 Å². The molecule has 0 fully saturated rings. The summed E-state index contributed by atoms with van der Waals surface area (Å²) in [5, 5.41) is 19.3. The molecule has 142 valence electrons. The van der Waals surface area contributed by atoms with Crippen molar-refractivity contribution >= 4 is 5.96 Å². The normalized spacial score (nSPS) is 14.5. The van der Waals surface area contributed by atoms with E-state index in [1.807, 2.05) is 6.07 Å². The smallest absolute Gasteiger partial charge is 0.191 e. The van der Waals surface area contributed by atoms with E-state index in [-0.39, 0.29) is 0 Å². The van der Waals surface area contributed by atoms with Crippen LogP contribution in [0.1, 0.15) is 68.6 Å². The summed E-state index contributed by atoms with van der Waals surface area (Å²) >= 11 is 0. The van der Waals surface area contributed by atoms with Gasteiger partial charge in [0.05, 0.1) is 18.8 Å². The van der Waals surface area contributed by atoms with Gasteiger partial charge in [-0.25, -0.2) is 0 Å². The molecule has 8 nitrogen and oxygen atoms in total. The molecule has 26 heavy (non-hydrogen) atoms. The van der Waals surface area contributed by atoms with Gasteiger partial charge in [0, 0.05) is 32.0 Å². The zero-order valence-corrected chi connectivity index (χ0v) is 16.0. The largest absolute Gasteiger partial charge is 0.359 e. The van der Waals surface area contributed by atoms with Crippen LogP contribution < -0.4 is 10.6 Å².